The number of fused-ring (bicyclic) bond motifs is 1. The number of hydrogen-bond donors (Lipinski definition) is 1. The summed E-state index contributed by atoms with van der Waals surface area (Å²) in [6, 6.07) is 3.83. The van der Waals surface area contributed by atoms with Gasteiger partial charge in [0.05, 0.1) is 0 Å². The summed E-state index contributed by atoms with van der Waals surface area (Å²) in [6.07, 6.45) is 2.83. The minimum absolute atomic E-state index is 0.0406. The standard InChI is InChI=1S/C11H14FN/c1-7-5-6-8-9(11(7)12)3-2-4-10(8)13/h5-6,10H,2-4,13H2,1H3. The number of halogens is 1. The topological polar surface area (TPSA) is 26.0 Å². The highest BCUT2D eigenvalue weighted by Gasteiger charge is 2.20. The molecule has 70 valence electrons. The highest BCUT2D eigenvalue weighted by molar-refractivity contribution is 5.36. The van der Waals surface area contributed by atoms with Crippen molar-refractivity contribution in [2.45, 2.75) is 32.2 Å². The van der Waals surface area contributed by atoms with Gasteiger partial charge in [-0.2, -0.15) is 0 Å². The molecule has 2 rings (SSSR count). The fourth-order valence-electron chi connectivity index (χ4n) is 2.01. The summed E-state index contributed by atoms with van der Waals surface area (Å²) in [6.45, 7) is 1.80. The minimum atomic E-state index is -0.0485. The summed E-state index contributed by atoms with van der Waals surface area (Å²) in [5.41, 5.74) is 8.48. The first kappa shape index (κ1) is 8.70. The van der Waals surface area contributed by atoms with Gasteiger partial charge in [0.25, 0.3) is 0 Å². The largest absolute Gasteiger partial charge is 0.324 e. The van der Waals surface area contributed by atoms with E-state index in [1.807, 2.05) is 12.1 Å². The first-order valence-electron chi connectivity index (χ1n) is 4.73. The molecule has 1 aliphatic carbocycles. The number of hydrogen-bond acceptors (Lipinski definition) is 1. The Bertz CT molecular complexity index is 333. The molecule has 1 aromatic carbocycles. The van der Waals surface area contributed by atoms with Crippen LogP contribution in [0.4, 0.5) is 4.39 Å². The summed E-state index contributed by atoms with van der Waals surface area (Å²) in [5.74, 6) is -0.0485. The Morgan fingerprint density at radius 2 is 2.23 bits per heavy atom. The van der Waals surface area contributed by atoms with Gasteiger partial charge in [-0.3, -0.25) is 0 Å². The SMILES string of the molecule is Cc1ccc2c(c1F)CCCC2N. The summed E-state index contributed by atoms with van der Waals surface area (Å²) < 4.78 is 13.6. The molecule has 2 N–H and O–H groups in total. The zero-order valence-corrected chi connectivity index (χ0v) is 7.81. The van der Waals surface area contributed by atoms with Crippen molar-refractivity contribution in [3.05, 3.63) is 34.6 Å². The van der Waals surface area contributed by atoms with Gasteiger partial charge < -0.3 is 5.73 Å². The van der Waals surface area contributed by atoms with Gasteiger partial charge >= 0.3 is 0 Å². The Hall–Kier alpha value is -0.890. The first-order chi connectivity index (χ1) is 6.20. The minimum Gasteiger partial charge on any atom is -0.324 e. The molecule has 1 unspecified atom stereocenters. The Morgan fingerprint density at radius 1 is 1.46 bits per heavy atom. The van der Waals surface area contributed by atoms with Gasteiger partial charge in [-0.15, -0.1) is 0 Å². The number of aryl methyl sites for hydroxylation is 1. The molecule has 0 fully saturated rings. The van der Waals surface area contributed by atoms with Crippen molar-refractivity contribution >= 4 is 0 Å². The van der Waals surface area contributed by atoms with Crippen LogP contribution < -0.4 is 5.73 Å². The van der Waals surface area contributed by atoms with Crippen molar-refractivity contribution in [2.75, 3.05) is 0 Å². The molecule has 0 spiro atoms. The second-order valence-electron chi connectivity index (χ2n) is 3.76. The molecule has 0 aliphatic heterocycles. The van der Waals surface area contributed by atoms with Gasteiger partial charge in [0.1, 0.15) is 5.82 Å². The molecular weight excluding hydrogens is 165 g/mol. The molecule has 1 aliphatic rings. The monoisotopic (exact) mass is 179 g/mol. The summed E-state index contributed by atoms with van der Waals surface area (Å²) in [4.78, 5) is 0. The predicted octanol–water partition coefficient (Wildman–Crippen LogP) is 2.47. The van der Waals surface area contributed by atoms with E-state index in [-0.39, 0.29) is 11.9 Å². The van der Waals surface area contributed by atoms with Crippen LogP contribution in [0.3, 0.4) is 0 Å². The van der Waals surface area contributed by atoms with Crippen LogP contribution in [-0.2, 0) is 6.42 Å². The van der Waals surface area contributed by atoms with Crippen LogP contribution in [0.15, 0.2) is 12.1 Å². The average molecular weight is 179 g/mol. The Kier molecular flexibility index (Phi) is 2.08. The van der Waals surface area contributed by atoms with Crippen LogP contribution in [0, 0.1) is 12.7 Å². The van der Waals surface area contributed by atoms with Crippen LogP contribution in [-0.4, -0.2) is 0 Å². The zero-order valence-electron chi connectivity index (χ0n) is 7.81. The van der Waals surface area contributed by atoms with E-state index in [0.29, 0.717) is 0 Å². The maximum Gasteiger partial charge on any atom is 0.129 e. The third-order valence-electron chi connectivity index (χ3n) is 2.81. The van der Waals surface area contributed by atoms with Crippen LogP contribution in [0.5, 0.6) is 0 Å². The van der Waals surface area contributed by atoms with Crippen molar-refractivity contribution in [3.8, 4) is 0 Å². The highest BCUT2D eigenvalue weighted by atomic mass is 19.1. The molecule has 0 radical (unpaired) electrons. The number of nitrogens with two attached hydrogens (primary N) is 1. The third kappa shape index (κ3) is 1.35. The van der Waals surface area contributed by atoms with Crippen molar-refractivity contribution in [1.29, 1.82) is 0 Å². The van der Waals surface area contributed by atoms with E-state index in [4.69, 9.17) is 5.73 Å². The van der Waals surface area contributed by atoms with Crippen LogP contribution >= 0.6 is 0 Å². The second-order valence-corrected chi connectivity index (χ2v) is 3.76. The van der Waals surface area contributed by atoms with Gasteiger partial charge in [-0.25, -0.2) is 4.39 Å². The zero-order chi connectivity index (χ0) is 9.42. The molecule has 13 heavy (non-hydrogen) atoms. The maximum atomic E-state index is 13.6. The van der Waals surface area contributed by atoms with Crippen LogP contribution in [0.25, 0.3) is 0 Å². The number of benzene rings is 1. The van der Waals surface area contributed by atoms with E-state index in [0.717, 1.165) is 36.0 Å². The summed E-state index contributed by atoms with van der Waals surface area (Å²) >= 11 is 0. The molecule has 1 nitrogen and oxygen atoms in total. The Balaban J connectivity index is 2.56. The van der Waals surface area contributed by atoms with E-state index >= 15 is 0 Å². The quantitative estimate of drug-likeness (QED) is 0.650. The van der Waals surface area contributed by atoms with E-state index in [1.54, 1.807) is 6.92 Å². The third-order valence-corrected chi connectivity index (χ3v) is 2.81. The van der Waals surface area contributed by atoms with Crippen molar-refractivity contribution < 1.29 is 4.39 Å². The maximum absolute atomic E-state index is 13.6. The Morgan fingerprint density at radius 3 is 3.00 bits per heavy atom. The molecule has 0 heterocycles. The highest BCUT2D eigenvalue weighted by Crippen LogP contribution is 2.30. The van der Waals surface area contributed by atoms with E-state index in [9.17, 15) is 4.39 Å². The lowest BCUT2D eigenvalue weighted by Crippen LogP contribution is -2.18. The van der Waals surface area contributed by atoms with E-state index in [2.05, 4.69) is 0 Å². The molecule has 0 aromatic heterocycles. The van der Waals surface area contributed by atoms with Gasteiger partial charge in [0.15, 0.2) is 0 Å². The van der Waals surface area contributed by atoms with Gasteiger partial charge in [-0.1, -0.05) is 12.1 Å². The molecule has 0 saturated carbocycles. The van der Waals surface area contributed by atoms with Gasteiger partial charge in [0.2, 0.25) is 0 Å². The predicted molar refractivity (Wildman–Crippen MR) is 51.0 cm³/mol. The lowest BCUT2D eigenvalue weighted by molar-refractivity contribution is 0.528. The fourth-order valence-corrected chi connectivity index (χ4v) is 2.01. The van der Waals surface area contributed by atoms with Gasteiger partial charge in [0, 0.05) is 6.04 Å². The lowest BCUT2D eigenvalue weighted by atomic mass is 9.87. The van der Waals surface area contributed by atoms with E-state index < -0.39 is 0 Å². The summed E-state index contributed by atoms with van der Waals surface area (Å²) in [7, 11) is 0. The second kappa shape index (κ2) is 3.11. The van der Waals surface area contributed by atoms with Crippen LogP contribution in [0.1, 0.15) is 35.6 Å². The molecule has 0 bridgehead atoms. The molecule has 0 saturated heterocycles. The first-order valence-corrected chi connectivity index (χ1v) is 4.73. The summed E-state index contributed by atoms with van der Waals surface area (Å²) in [5, 5.41) is 0. The van der Waals surface area contributed by atoms with Crippen molar-refractivity contribution in [3.63, 3.8) is 0 Å². The normalized spacial score (nSPS) is 21.3. The average Bonchev–Trinajstić information content (AvgIpc) is 2.12. The molecule has 1 atom stereocenters. The molecule has 2 heteroatoms. The molecular formula is C11H14FN. The number of rotatable bonds is 0. The Labute approximate surface area is 77.8 Å². The van der Waals surface area contributed by atoms with E-state index in [1.165, 1.54) is 0 Å². The van der Waals surface area contributed by atoms with Crippen molar-refractivity contribution in [1.82, 2.24) is 0 Å². The lowest BCUT2D eigenvalue weighted by Gasteiger charge is -2.23. The smallest absolute Gasteiger partial charge is 0.129 e. The molecule has 0 amide bonds. The van der Waals surface area contributed by atoms with Gasteiger partial charge in [-0.05, 0) is 42.9 Å². The van der Waals surface area contributed by atoms with Crippen molar-refractivity contribution in [2.24, 2.45) is 5.73 Å². The fraction of sp³-hybridized carbons (Fsp3) is 0.455. The van der Waals surface area contributed by atoms with Crippen LogP contribution in [0.2, 0.25) is 0 Å². The molecule has 1 aromatic rings.